The summed E-state index contributed by atoms with van der Waals surface area (Å²) in [7, 11) is 0. The van der Waals surface area contributed by atoms with E-state index in [-0.39, 0.29) is 0 Å². The fourth-order valence-corrected chi connectivity index (χ4v) is 1.08. The monoisotopic (exact) mass is 160 g/mol. The first kappa shape index (κ1) is 9.05. The molecule has 0 heteroatoms. The molecule has 0 radical (unpaired) electrons. The molecule has 0 saturated carbocycles. The van der Waals surface area contributed by atoms with E-state index < -0.39 is 0 Å². The summed E-state index contributed by atoms with van der Waals surface area (Å²) in [5, 5.41) is 0. The summed E-state index contributed by atoms with van der Waals surface area (Å²) in [4.78, 5) is 0. The topological polar surface area (TPSA) is 0 Å². The minimum Gasteiger partial charge on any atom is -0.0814 e. The van der Waals surface area contributed by atoms with Gasteiger partial charge >= 0.3 is 0 Å². The third-order valence-corrected chi connectivity index (χ3v) is 1.72. The van der Waals surface area contributed by atoms with Gasteiger partial charge in [0.05, 0.1) is 0 Å². The molecule has 0 aliphatic carbocycles. The van der Waals surface area contributed by atoms with E-state index in [0.717, 1.165) is 0 Å². The van der Waals surface area contributed by atoms with Crippen molar-refractivity contribution in [2.75, 3.05) is 0 Å². The van der Waals surface area contributed by atoms with E-state index in [1.165, 1.54) is 11.1 Å². The molecule has 12 heavy (non-hydrogen) atoms. The Labute approximate surface area is 74.9 Å². The molecule has 0 aromatic heterocycles. The van der Waals surface area contributed by atoms with Crippen molar-refractivity contribution in [2.45, 2.75) is 20.8 Å². The summed E-state index contributed by atoms with van der Waals surface area (Å²) in [6.07, 6.45) is 4.40. The van der Waals surface area contributed by atoms with Crippen molar-refractivity contribution in [3.05, 3.63) is 41.5 Å². The van der Waals surface area contributed by atoms with E-state index in [9.17, 15) is 0 Å². The van der Waals surface area contributed by atoms with Crippen molar-refractivity contribution in [1.82, 2.24) is 0 Å². The SMILES string of the molecule is Cc1cccc(/C=C/C(C)C)c1. The molecule has 0 aliphatic heterocycles. The minimum absolute atomic E-state index is 0.630. The average molecular weight is 160 g/mol. The van der Waals surface area contributed by atoms with Crippen LogP contribution >= 0.6 is 0 Å². The van der Waals surface area contributed by atoms with Gasteiger partial charge in [0.25, 0.3) is 0 Å². The Morgan fingerprint density at radius 1 is 1.25 bits per heavy atom. The molecule has 0 fully saturated rings. The molecule has 1 aromatic carbocycles. The number of hydrogen-bond acceptors (Lipinski definition) is 0. The van der Waals surface area contributed by atoms with Gasteiger partial charge in [-0.2, -0.15) is 0 Å². The van der Waals surface area contributed by atoms with Crippen molar-refractivity contribution in [3.8, 4) is 0 Å². The minimum atomic E-state index is 0.630. The predicted octanol–water partition coefficient (Wildman–Crippen LogP) is 3.66. The molecule has 0 heterocycles. The van der Waals surface area contributed by atoms with E-state index in [0.29, 0.717) is 5.92 Å². The van der Waals surface area contributed by atoms with Gasteiger partial charge in [0.2, 0.25) is 0 Å². The summed E-state index contributed by atoms with van der Waals surface area (Å²) in [6.45, 7) is 6.49. The number of allylic oxidation sites excluding steroid dienone is 1. The van der Waals surface area contributed by atoms with Crippen LogP contribution in [-0.2, 0) is 0 Å². The van der Waals surface area contributed by atoms with Crippen molar-refractivity contribution in [3.63, 3.8) is 0 Å². The molecule has 1 rings (SSSR count). The quantitative estimate of drug-likeness (QED) is 0.619. The van der Waals surface area contributed by atoms with Gasteiger partial charge in [-0.15, -0.1) is 0 Å². The van der Waals surface area contributed by atoms with Crippen molar-refractivity contribution < 1.29 is 0 Å². The molecular formula is C12H16. The Morgan fingerprint density at radius 2 is 2.00 bits per heavy atom. The highest BCUT2D eigenvalue weighted by atomic mass is 13.9. The van der Waals surface area contributed by atoms with Crippen molar-refractivity contribution in [2.24, 2.45) is 5.92 Å². The van der Waals surface area contributed by atoms with Gasteiger partial charge < -0.3 is 0 Å². The van der Waals surface area contributed by atoms with Crippen LogP contribution in [0.1, 0.15) is 25.0 Å². The van der Waals surface area contributed by atoms with Crippen LogP contribution in [0.3, 0.4) is 0 Å². The maximum absolute atomic E-state index is 2.22. The normalized spacial score (nSPS) is 11.3. The second-order valence-corrected chi connectivity index (χ2v) is 3.52. The Kier molecular flexibility index (Phi) is 3.09. The predicted molar refractivity (Wildman–Crippen MR) is 55.1 cm³/mol. The first-order chi connectivity index (χ1) is 5.68. The van der Waals surface area contributed by atoms with Crippen LogP contribution < -0.4 is 0 Å². The summed E-state index contributed by atoms with van der Waals surface area (Å²) in [5.74, 6) is 0.630. The fraction of sp³-hybridized carbons (Fsp3) is 0.333. The second kappa shape index (κ2) is 4.10. The van der Waals surface area contributed by atoms with Crippen LogP contribution in [-0.4, -0.2) is 0 Å². The molecular weight excluding hydrogens is 144 g/mol. The lowest BCUT2D eigenvalue weighted by atomic mass is 10.1. The first-order valence-electron chi connectivity index (χ1n) is 4.43. The molecule has 0 saturated heterocycles. The summed E-state index contributed by atoms with van der Waals surface area (Å²) < 4.78 is 0. The number of hydrogen-bond donors (Lipinski definition) is 0. The second-order valence-electron chi connectivity index (χ2n) is 3.52. The maximum atomic E-state index is 2.22. The van der Waals surface area contributed by atoms with Crippen LogP contribution in [0.15, 0.2) is 30.3 Å². The van der Waals surface area contributed by atoms with E-state index in [4.69, 9.17) is 0 Å². The van der Waals surface area contributed by atoms with Crippen LogP contribution in [0.2, 0.25) is 0 Å². The zero-order valence-corrected chi connectivity index (χ0v) is 8.04. The van der Waals surface area contributed by atoms with Gasteiger partial charge in [-0.05, 0) is 18.4 Å². The standard InChI is InChI=1S/C12H16/c1-10(2)7-8-12-6-4-5-11(3)9-12/h4-10H,1-3H3/b8-7+. The van der Waals surface area contributed by atoms with Crippen LogP contribution in [0, 0.1) is 12.8 Å². The lowest BCUT2D eigenvalue weighted by molar-refractivity contribution is 0.836. The fourth-order valence-electron chi connectivity index (χ4n) is 1.08. The number of rotatable bonds is 2. The van der Waals surface area contributed by atoms with Gasteiger partial charge in [0.15, 0.2) is 0 Å². The van der Waals surface area contributed by atoms with Crippen molar-refractivity contribution in [1.29, 1.82) is 0 Å². The highest BCUT2D eigenvalue weighted by Gasteiger charge is 1.88. The van der Waals surface area contributed by atoms with E-state index in [2.05, 4.69) is 57.2 Å². The number of benzene rings is 1. The third kappa shape index (κ3) is 2.91. The average Bonchev–Trinajstić information content (AvgIpc) is 2.01. The van der Waals surface area contributed by atoms with Gasteiger partial charge in [-0.3, -0.25) is 0 Å². The van der Waals surface area contributed by atoms with Crippen LogP contribution in [0.25, 0.3) is 6.08 Å². The van der Waals surface area contributed by atoms with Crippen LogP contribution in [0.4, 0.5) is 0 Å². The van der Waals surface area contributed by atoms with Gasteiger partial charge in [0.1, 0.15) is 0 Å². The smallest absolute Gasteiger partial charge is 0.0257 e. The summed E-state index contributed by atoms with van der Waals surface area (Å²) in [6, 6.07) is 8.53. The molecule has 0 bridgehead atoms. The molecule has 0 nitrogen and oxygen atoms in total. The van der Waals surface area contributed by atoms with Gasteiger partial charge in [-0.1, -0.05) is 55.8 Å². The Hall–Kier alpha value is -1.04. The molecule has 0 N–H and O–H groups in total. The molecule has 0 unspecified atom stereocenters. The highest BCUT2D eigenvalue weighted by Crippen LogP contribution is 2.07. The molecule has 64 valence electrons. The largest absolute Gasteiger partial charge is 0.0814 e. The van der Waals surface area contributed by atoms with E-state index >= 15 is 0 Å². The van der Waals surface area contributed by atoms with E-state index in [1.54, 1.807) is 0 Å². The van der Waals surface area contributed by atoms with E-state index in [1.807, 2.05) is 0 Å². The molecule has 0 aliphatic rings. The molecule has 0 spiro atoms. The zero-order valence-electron chi connectivity index (χ0n) is 8.04. The molecule has 0 atom stereocenters. The van der Waals surface area contributed by atoms with Crippen LogP contribution in [0.5, 0.6) is 0 Å². The van der Waals surface area contributed by atoms with Crippen molar-refractivity contribution >= 4 is 6.08 Å². The zero-order chi connectivity index (χ0) is 8.97. The maximum Gasteiger partial charge on any atom is -0.0257 e. The first-order valence-corrected chi connectivity index (χ1v) is 4.43. The van der Waals surface area contributed by atoms with Gasteiger partial charge in [-0.25, -0.2) is 0 Å². The summed E-state index contributed by atoms with van der Waals surface area (Å²) >= 11 is 0. The molecule has 1 aromatic rings. The Bertz CT molecular complexity index is 269. The summed E-state index contributed by atoms with van der Waals surface area (Å²) in [5.41, 5.74) is 2.62. The lowest BCUT2D eigenvalue weighted by Crippen LogP contribution is -1.78. The lowest BCUT2D eigenvalue weighted by Gasteiger charge is -1.96. The number of aryl methyl sites for hydroxylation is 1. The van der Waals surface area contributed by atoms with Gasteiger partial charge in [0, 0.05) is 0 Å². The Balaban J connectivity index is 2.76. The third-order valence-electron chi connectivity index (χ3n) is 1.72. The highest BCUT2D eigenvalue weighted by molar-refractivity contribution is 5.50. The molecule has 0 amide bonds. The Morgan fingerprint density at radius 3 is 2.58 bits per heavy atom.